The maximum atomic E-state index is 12.4. The fourth-order valence-electron chi connectivity index (χ4n) is 1.70. The number of sulfone groups is 1. The van der Waals surface area contributed by atoms with Crippen molar-refractivity contribution in [3.05, 3.63) is 0 Å². The van der Waals surface area contributed by atoms with E-state index >= 15 is 0 Å². The number of morpholine rings is 1. The first-order valence-corrected chi connectivity index (χ1v) is 8.80. The molecule has 0 N–H and O–H groups in total. The van der Waals surface area contributed by atoms with E-state index in [4.69, 9.17) is 4.74 Å². The Kier molecular flexibility index (Phi) is 4.83. The minimum Gasteiger partial charge on any atom is -0.373 e. The summed E-state index contributed by atoms with van der Waals surface area (Å²) < 4.78 is 27.5. The molecule has 0 spiro atoms. The third-order valence-corrected chi connectivity index (χ3v) is 6.13. The third kappa shape index (κ3) is 3.05. The van der Waals surface area contributed by atoms with Crippen LogP contribution < -0.4 is 0 Å². The van der Waals surface area contributed by atoms with E-state index in [1.807, 2.05) is 6.92 Å². The first-order chi connectivity index (χ1) is 8.11. The summed E-state index contributed by atoms with van der Waals surface area (Å²) in [6.07, 6.45) is 1.01. The fourth-order valence-corrected chi connectivity index (χ4v) is 2.52. The third-order valence-electron chi connectivity index (χ3n) is 3.38. The zero-order valence-corrected chi connectivity index (χ0v) is 13.5. The van der Waals surface area contributed by atoms with E-state index in [2.05, 4.69) is 15.9 Å². The lowest BCUT2D eigenvalue weighted by molar-refractivity contribution is -0.144. The number of hydrogen-bond donors (Lipinski definition) is 0. The summed E-state index contributed by atoms with van der Waals surface area (Å²) in [5.41, 5.74) is 0. The fraction of sp³-hybridized carbons (Fsp3) is 0.909. The molecule has 1 fully saturated rings. The van der Waals surface area contributed by atoms with Crippen molar-refractivity contribution < 1.29 is 17.9 Å². The molecule has 0 bridgehead atoms. The van der Waals surface area contributed by atoms with Crippen molar-refractivity contribution in [3.8, 4) is 0 Å². The second-order valence-corrected chi connectivity index (χ2v) is 8.41. The summed E-state index contributed by atoms with van der Waals surface area (Å²) in [5.74, 6) is -0.355. The molecule has 1 rings (SSSR count). The number of rotatable bonds is 3. The predicted octanol–water partition coefficient (Wildman–Crippen LogP) is 0.820. The van der Waals surface area contributed by atoms with Crippen molar-refractivity contribution in [1.29, 1.82) is 0 Å². The largest absolute Gasteiger partial charge is 0.373 e. The van der Waals surface area contributed by atoms with Gasteiger partial charge in [-0.05, 0) is 20.8 Å². The number of nitrogens with zero attached hydrogens (tertiary/aromatic N) is 1. The number of halogens is 1. The van der Waals surface area contributed by atoms with Gasteiger partial charge in [-0.3, -0.25) is 4.79 Å². The van der Waals surface area contributed by atoms with Gasteiger partial charge in [0.1, 0.15) is 4.75 Å². The number of carbonyl (C=O) groups is 1. The highest BCUT2D eigenvalue weighted by Crippen LogP contribution is 2.23. The lowest BCUT2D eigenvalue weighted by atomic mass is 10.1. The van der Waals surface area contributed by atoms with E-state index in [1.165, 1.54) is 13.8 Å². The average Bonchev–Trinajstić information content (AvgIpc) is 2.27. The smallest absolute Gasteiger partial charge is 0.243 e. The van der Waals surface area contributed by atoms with Gasteiger partial charge in [0.15, 0.2) is 9.84 Å². The lowest BCUT2D eigenvalue weighted by Gasteiger charge is -2.40. The quantitative estimate of drug-likeness (QED) is 0.713. The average molecular weight is 342 g/mol. The van der Waals surface area contributed by atoms with Gasteiger partial charge in [-0.2, -0.15) is 0 Å². The number of ether oxygens (including phenoxy) is 1. The first kappa shape index (κ1) is 15.9. The Labute approximate surface area is 117 Å². The van der Waals surface area contributed by atoms with Crippen LogP contribution in [0.4, 0.5) is 0 Å². The van der Waals surface area contributed by atoms with Gasteiger partial charge in [0.05, 0.1) is 18.8 Å². The molecular weight excluding hydrogens is 322 g/mol. The monoisotopic (exact) mass is 341 g/mol. The van der Waals surface area contributed by atoms with Crippen LogP contribution in [0.15, 0.2) is 0 Å². The Bertz CT molecular complexity index is 421. The van der Waals surface area contributed by atoms with Crippen LogP contribution in [0.2, 0.25) is 0 Å². The normalized spacial score (nSPS) is 26.2. The SMILES string of the molecule is CC1COC(CBr)CN1C(=O)C(C)(C)S(C)(=O)=O. The van der Waals surface area contributed by atoms with E-state index in [0.29, 0.717) is 18.5 Å². The van der Waals surface area contributed by atoms with Gasteiger partial charge in [-0.25, -0.2) is 8.42 Å². The molecule has 1 saturated heterocycles. The second-order valence-electron chi connectivity index (χ2n) is 5.20. The van der Waals surface area contributed by atoms with Gasteiger partial charge < -0.3 is 9.64 Å². The topological polar surface area (TPSA) is 63.7 Å². The zero-order valence-electron chi connectivity index (χ0n) is 11.1. The molecule has 1 amide bonds. The minimum absolute atomic E-state index is 0.0829. The maximum absolute atomic E-state index is 12.4. The summed E-state index contributed by atoms with van der Waals surface area (Å²) >= 11 is 3.32. The molecule has 2 atom stereocenters. The molecule has 106 valence electrons. The molecule has 5 nitrogen and oxygen atoms in total. The number of carbonyl (C=O) groups excluding carboxylic acids is 1. The van der Waals surface area contributed by atoms with E-state index in [0.717, 1.165) is 6.26 Å². The van der Waals surface area contributed by atoms with Crippen LogP contribution in [0.25, 0.3) is 0 Å². The maximum Gasteiger partial charge on any atom is 0.243 e. The van der Waals surface area contributed by atoms with Gasteiger partial charge in [-0.15, -0.1) is 0 Å². The Morgan fingerprint density at radius 3 is 2.50 bits per heavy atom. The van der Waals surface area contributed by atoms with E-state index in [9.17, 15) is 13.2 Å². The molecular formula is C11H20BrNO4S. The minimum atomic E-state index is -3.44. The molecule has 0 aromatic rings. The highest BCUT2D eigenvalue weighted by atomic mass is 79.9. The van der Waals surface area contributed by atoms with Gasteiger partial charge in [-0.1, -0.05) is 15.9 Å². The van der Waals surface area contributed by atoms with Gasteiger partial charge in [0.25, 0.3) is 0 Å². The van der Waals surface area contributed by atoms with E-state index in [-0.39, 0.29) is 18.1 Å². The number of hydrogen-bond acceptors (Lipinski definition) is 4. The summed E-state index contributed by atoms with van der Waals surface area (Å²) in [6.45, 7) is 5.62. The standard InChI is InChI=1S/C11H20BrNO4S/c1-8-7-17-9(5-12)6-13(8)10(14)11(2,3)18(4,15)16/h8-9H,5-7H2,1-4H3. The van der Waals surface area contributed by atoms with Crippen molar-refractivity contribution in [2.75, 3.05) is 24.7 Å². The number of alkyl halides is 1. The highest BCUT2D eigenvalue weighted by molar-refractivity contribution is 9.09. The second kappa shape index (κ2) is 5.46. The molecule has 0 aliphatic carbocycles. The van der Waals surface area contributed by atoms with Crippen molar-refractivity contribution >= 4 is 31.7 Å². The Morgan fingerprint density at radius 1 is 1.50 bits per heavy atom. The molecule has 7 heteroatoms. The molecule has 1 aliphatic rings. The highest BCUT2D eigenvalue weighted by Gasteiger charge is 2.44. The molecule has 1 heterocycles. The van der Waals surface area contributed by atoms with Crippen LogP contribution in [-0.4, -0.2) is 60.9 Å². The summed E-state index contributed by atoms with van der Waals surface area (Å²) in [7, 11) is -3.44. The molecule has 2 unspecified atom stereocenters. The molecule has 1 aliphatic heterocycles. The predicted molar refractivity (Wildman–Crippen MR) is 73.6 cm³/mol. The molecule has 0 aromatic carbocycles. The zero-order chi connectivity index (χ0) is 14.1. The van der Waals surface area contributed by atoms with E-state index < -0.39 is 14.6 Å². The van der Waals surface area contributed by atoms with E-state index in [1.54, 1.807) is 4.90 Å². The molecule has 18 heavy (non-hydrogen) atoms. The van der Waals surface area contributed by atoms with Gasteiger partial charge in [0, 0.05) is 18.1 Å². The van der Waals surface area contributed by atoms with Crippen molar-refractivity contribution in [1.82, 2.24) is 4.90 Å². The van der Waals surface area contributed by atoms with Crippen molar-refractivity contribution in [3.63, 3.8) is 0 Å². The Balaban J connectivity index is 2.95. The lowest BCUT2D eigenvalue weighted by Crippen LogP contribution is -2.58. The first-order valence-electron chi connectivity index (χ1n) is 5.79. The molecule has 0 aromatic heterocycles. The Hall–Kier alpha value is -0.140. The van der Waals surface area contributed by atoms with Crippen LogP contribution >= 0.6 is 15.9 Å². The molecule has 0 radical (unpaired) electrons. The summed E-state index contributed by atoms with van der Waals surface area (Å²) in [6, 6.07) is -0.103. The van der Waals surface area contributed by atoms with Gasteiger partial charge >= 0.3 is 0 Å². The van der Waals surface area contributed by atoms with Crippen LogP contribution in [0.1, 0.15) is 20.8 Å². The van der Waals surface area contributed by atoms with Crippen LogP contribution in [0, 0.1) is 0 Å². The number of amides is 1. The van der Waals surface area contributed by atoms with Crippen molar-refractivity contribution in [2.45, 2.75) is 37.7 Å². The van der Waals surface area contributed by atoms with Crippen LogP contribution in [-0.2, 0) is 19.4 Å². The Morgan fingerprint density at radius 2 is 2.06 bits per heavy atom. The summed E-state index contributed by atoms with van der Waals surface area (Å²) in [5, 5.41) is 0.628. The molecule has 0 saturated carbocycles. The summed E-state index contributed by atoms with van der Waals surface area (Å²) in [4.78, 5) is 14.0. The van der Waals surface area contributed by atoms with Crippen LogP contribution in [0.5, 0.6) is 0 Å². The van der Waals surface area contributed by atoms with Gasteiger partial charge in [0.2, 0.25) is 5.91 Å². The van der Waals surface area contributed by atoms with Crippen LogP contribution in [0.3, 0.4) is 0 Å². The van der Waals surface area contributed by atoms with Crippen molar-refractivity contribution in [2.24, 2.45) is 0 Å².